The first-order valence-corrected chi connectivity index (χ1v) is 9.73. The molecular formula is C22H25N3O2S. The largest absolute Gasteiger partial charge is 0.396 e. The number of aliphatic hydroxyl groups is 1. The second kappa shape index (κ2) is 8.99. The van der Waals surface area contributed by atoms with E-state index in [1.807, 2.05) is 67.3 Å². The summed E-state index contributed by atoms with van der Waals surface area (Å²) in [7, 11) is 0. The van der Waals surface area contributed by atoms with Gasteiger partial charge in [0.1, 0.15) is 0 Å². The normalized spacial score (nSPS) is 10.8. The molecule has 0 fully saturated rings. The van der Waals surface area contributed by atoms with Crippen LogP contribution in [0.2, 0.25) is 0 Å². The van der Waals surface area contributed by atoms with Crippen LogP contribution >= 0.6 is 12.2 Å². The molecule has 0 amide bonds. The molecule has 0 spiro atoms. The van der Waals surface area contributed by atoms with Gasteiger partial charge >= 0.3 is 0 Å². The second-order valence-corrected chi connectivity index (χ2v) is 7.40. The van der Waals surface area contributed by atoms with E-state index in [9.17, 15) is 9.90 Å². The summed E-state index contributed by atoms with van der Waals surface area (Å²) in [5, 5.41) is 14.0. The molecule has 0 aliphatic rings. The maximum absolute atomic E-state index is 12.6. The van der Waals surface area contributed by atoms with E-state index in [1.54, 1.807) is 0 Å². The van der Waals surface area contributed by atoms with Crippen molar-refractivity contribution in [3.05, 3.63) is 75.6 Å². The number of nitrogens with zero attached hydrogens (tertiary/aromatic N) is 1. The quantitative estimate of drug-likeness (QED) is 0.555. The molecule has 1 heterocycles. The Hall–Kier alpha value is -2.70. The summed E-state index contributed by atoms with van der Waals surface area (Å²) in [5.41, 5.74) is 4.52. The van der Waals surface area contributed by atoms with Crippen molar-refractivity contribution >= 4 is 33.9 Å². The molecule has 0 bridgehead atoms. The van der Waals surface area contributed by atoms with Gasteiger partial charge in [0, 0.05) is 29.9 Å². The highest BCUT2D eigenvalue weighted by atomic mass is 32.1. The Morgan fingerprint density at radius 1 is 1.11 bits per heavy atom. The van der Waals surface area contributed by atoms with E-state index >= 15 is 0 Å². The van der Waals surface area contributed by atoms with Gasteiger partial charge in [-0.1, -0.05) is 29.8 Å². The molecule has 1 aromatic heterocycles. The lowest BCUT2D eigenvalue weighted by atomic mass is 10.1. The maximum atomic E-state index is 12.6. The Labute approximate surface area is 170 Å². The molecule has 0 saturated carbocycles. The van der Waals surface area contributed by atoms with E-state index in [-0.39, 0.29) is 12.2 Å². The molecule has 3 rings (SSSR count). The first-order chi connectivity index (χ1) is 13.5. The van der Waals surface area contributed by atoms with E-state index in [4.69, 9.17) is 12.2 Å². The van der Waals surface area contributed by atoms with Gasteiger partial charge in [0.2, 0.25) is 0 Å². The summed E-state index contributed by atoms with van der Waals surface area (Å²) in [6.45, 7) is 5.02. The minimum atomic E-state index is -0.120. The molecule has 28 heavy (non-hydrogen) atoms. The third kappa shape index (κ3) is 4.97. The zero-order valence-corrected chi connectivity index (χ0v) is 17.0. The number of hydrogen-bond acceptors (Lipinski definition) is 3. The van der Waals surface area contributed by atoms with Crippen LogP contribution in [0.1, 0.15) is 23.1 Å². The number of anilines is 1. The Bertz CT molecular complexity index is 1030. The van der Waals surface area contributed by atoms with Crippen LogP contribution in [-0.4, -0.2) is 33.3 Å². The lowest BCUT2D eigenvalue weighted by Gasteiger charge is -2.25. The van der Waals surface area contributed by atoms with E-state index < -0.39 is 0 Å². The van der Waals surface area contributed by atoms with Crippen molar-refractivity contribution in [3.63, 3.8) is 0 Å². The Morgan fingerprint density at radius 2 is 1.82 bits per heavy atom. The number of nitrogens with one attached hydrogen (secondary N) is 2. The van der Waals surface area contributed by atoms with Crippen molar-refractivity contribution < 1.29 is 5.11 Å². The minimum absolute atomic E-state index is 0.0665. The average Bonchev–Trinajstić information content (AvgIpc) is 2.67. The zero-order chi connectivity index (χ0) is 20.1. The first kappa shape index (κ1) is 20.0. The van der Waals surface area contributed by atoms with Gasteiger partial charge in [-0.15, -0.1) is 0 Å². The molecule has 0 aliphatic heterocycles. The number of pyridine rings is 1. The van der Waals surface area contributed by atoms with Crippen LogP contribution in [0.5, 0.6) is 0 Å². The first-order valence-electron chi connectivity index (χ1n) is 9.32. The molecule has 0 atom stereocenters. The zero-order valence-electron chi connectivity index (χ0n) is 16.2. The third-order valence-electron chi connectivity index (χ3n) is 4.62. The molecule has 146 valence electrons. The van der Waals surface area contributed by atoms with E-state index in [2.05, 4.69) is 10.3 Å². The number of rotatable bonds is 6. The van der Waals surface area contributed by atoms with Crippen LogP contribution < -0.4 is 10.9 Å². The lowest BCUT2D eigenvalue weighted by Crippen LogP contribution is -2.37. The van der Waals surface area contributed by atoms with Crippen LogP contribution in [0.25, 0.3) is 10.9 Å². The van der Waals surface area contributed by atoms with Crippen molar-refractivity contribution in [3.8, 4) is 0 Å². The summed E-state index contributed by atoms with van der Waals surface area (Å²) < 4.78 is 0. The van der Waals surface area contributed by atoms with Crippen molar-refractivity contribution in [2.75, 3.05) is 18.5 Å². The molecule has 0 saturated heterocycles. The summed E-state index contributed by atoms with van der Waals surface area (Å²) in [5.74, 6) is 0. The molecule has 6 heteroatoms. The van der Waals surface area contributed by atoms with Gasteiger partial charge < -0.3 is 20.3 Å². The summed E-state index contributed by atoms with van der Waals surface area (Å²) in [6.07, 6.45) is 0.570. The number of thiocarbonyl (C=S) groups is 1. The molecule has 0 radical (unpaired) electrons. The monoisotopic (exact) mass is 395 g/mol. The van der Waals surface area contributed by atoms with Crippen molar-refractivity contribution in [2.45, 2.75) is 26.8 Å². The highest BCUT2D eigenvalue weighted by molar-refractivity contribution is 7.80. The van der Waals surface area contributed by atoms with Gasteiger partial charge in [-0.2, -0.15) is 0 Å². The van der Waals surface area contributed by atoms with E-state index in [0.717, 1.165) is 22.2 Å². The maximum Gasteiger partial charge on any atom is 0.253 e. The fraction of sp³-hybridized carbons (Fsp3) is 0.273. The molecule has 0 aliphatic carbocycles. The predicted octanol–water partition coefficient (Wildman–Crippen LogP) is 3.73. The third-order valence-corrected chi connectivity index (χ3v) is 4.98. The number of benzene rings is 2. The summed E-state index contributed by atoms with van der Waals surface area (Å²) in [4.78, 5) is 17.4. The molecule has 2 aromatic carbocycles. The summed E-state index contributed by atoms with van der Waals surface area (Å²) >= 11 is 5.58. The molecule has 5 nitrogen and oxygen atoms in total. The van der Waals surface area contributed by atoms with Crippen LogP contribution in [0, 0.1) is 13.8 Å². The van der Waals surface area contributed by atoms with Crippen molar-refractivity contribution in [1.82, 2.24) is 9.88 Å². The smallest absolute Gasteiger partial charge is 0.253 e. The van der Waals surface area contributed by atoms with Crippen LogP contribution in [0.15, 0.2) is 53.3 Å². The van der Waals surface area contributed by atoms with Gasteiger partial charge in [0.15, 0.2) is 5.11 Å². The number of aromatic nitrogens is 1. The second-order valence-electron chi connectivity index (χ2n) is 7.01. The number of H-pyrrole nitrogens is 1. The van der Waals surface area contributed by atoms with Gasteiger partial charge in [-0.3, -0.25) is 4.79 Å². The van der Waals surface area contributed by atoms with Gasteiger partial charge in [0.25, 0.3) is 5.56 Å². The highest BCUT2D eigenvalue weighted by Crippen LogP contribution is 2.15. The Balaban J connectivity index is 1.83. The summed E-state index contributed by atoms with van der Waals surface area (Å²) in [6, 6.07) is 15.9. The number of hydrogen-bond donors (Lipinski definition) is 3. The Kier molecular flexibility index (Phi) is 6.44. The number of aryl methyl sites for hydroxylation is 2. The Morgan fingerprint density at radius 3 is 2.54 bits per heavy atom. The van der Waals surface area contributed by atoms with Gasteiger partial charge in [0.05, 0.1) is 6.54 Å². The molecule has 3 N–H and O–H groups in total. The topological polar surface area (TPSA) is 68.4 Å². The number of fused-ring (bicyclic) bond motifs is 1. The van der Waals surface area contributed by atoms with Gasteiger partial charge in [-0.05, 0) is 67.7 Å². The molecule has 3 aromatic rings. The van der Waals surface area contributed by atoms with Crippen molar-refractivity contribution in [2.24, 2.45) is 0 Å². The van der Waals surface area contributed by atoms with E-state index in [0.29, 0.717) is 30.2 Å². The molecule has 0 unspecified atom stereocenters. The van der Waals surface area contributed by atoms with Crippen molar-refractivity contribution in [1.29, 1.82) is 0 Å². The number of aromatic amines is 1. The van der Waals surface area contributed by atoms with E-state index in [1.165, 1.54) is 5.56 Å². The lowest BCUT2D eigenvalue weighted by molar-refractivity contribution is 0.266. The SMILES string of the molecule is Cc1ccc(NC(=S)N(CCCO)Cc2cc3ccc(C)cc3[nH]c2=O)cc1. The molecular weight excluding hydrogens is 370 g/mol. The minimum Gasteiger partial charge on any atom is -0.396 e. The highest BCUT2D eigenvalue weighted by Gasteiger charge is 2.13. The van der Waals surface area contributed by atoms with Crippen LogP contribution in [-0.2, 0) is 6.54 Å². The standard InChI is InChI=1S/C22H25N3O2S/c1-15-5-8-19(9-6-15)23-22(28)25(10-3-11-26)14-18-13-17-7-4-16(2)12-20(17)24-21(18)27/h4-9,12-13,26H,3,10-11,14H2,1-2H3,(H,23,28)(H,24,27). The average molecular weight is 396 g/mol. The van der Waals surface area contributed by atoms with Crippen LogP contribution in [0.4, 0.5) is 5.69 Å². The van der Waals surface area contributed by atoms with Crippen LogP contribution in [0.3, 0.4) is 0 Å². The number of aliphatic hydroxyl groups excluding tert-OH is 1. The van der Waals surface area contributed by atoms with Gasteiger partial charge in [-0.25, -0.2) is 0 Å². The predicted molar refractivity (Wildman–Crippen MR) is 119 cm³/mol. The fourth-order valence-electron chi connectivity index (χ4n) is 3.04. The fourth-order valence-corrected chi connectivity index (χ4v) is 3.31.